The number of halogens is 1. The Morgan fingerprint density at radius 2 is 2.06 bits per heavy atom. The number of hydrogen-bond acceptors (Lipinski definition) is 2. The summed E-state index contributed by atoms with van der Waals surface area (Å²) in [5, 5.41) is 0. The Morgan fingerprint density at radius 1 is 1.33 bits per heavy atom. The fraction of sp³-hybridized carbons (Fsp3) is 0.467. The molecule has 1 aliphatic rings. The lowest BCUT2D eigenvalue weighted by Gasteiger charge is -2.31. The van der Waals surface area contributed by atoms with Gasteiger partial charge in [0.25, 0.3) is 0 Å². The summed E-state index contributed by atoms with van der Waals surface area (Å²) in [6, 6.07) is 3.36. The molecule has 0 radical (unpaired) electrons. The number of hydrogen-bond donors (Lipinski definition) is 1. The van der Waals surface area contributed by atoms with Crippen molar-refractivity contribution in [3.8, 4) is 0 Å². The van der Waals surface area contributed by atoms with Crippen LogP contribution in [0.25, 0.3) is 0 Å². The summed E-state index contributed by atoms with van der Waals surface area (Å²) < 4.78 is 13.7. The van der Waals surface area contributed by atoms with Gasteiger partial charge in [-0.25, -0.2) is 4.39 Å². The molecule has 2 rings (SSSR count). The van der Waals surface area contributed by atoms with Gasteiger partial charge in [-0.05, 0) is 50.5 Å². The maximum atomic E-state index is 13.7. The molecule has 0 saturated carbocycles. The van der Waals surface area contributed by atoms with Gasteiger partial charge in [-0.1, -0.05) is 11.6 Å². The first kappa shape index (κ1) is 13.1. The fourth-order valence-corrected chi connectivity index (χ4v) is 2.44. The van der Waals surface area contributed by atoms with Crippen LogP contribution < -0.4 is 10.6 Å². The number of aryl methyl sites for hydroxylation is 1. The van der Waals surface area contributed by atoms with E-state index < -0.39 is 0 Å². The van der Waals surface area contributed by atoms with Crippen molar-refractivity contribution >= 4 is 5.69 Å². The monoisotopic (exact) mass is 248 g/mol. The van der Waals surface area contributed by atoms with Gasteiger partial charge in [0.1, 0.15) is 5.82 Å². The zero-order valence-electron chi connectivity index (χ0n) is 11.3. The van der Waals surface area contributed by atoms with Gasteiger partial charge in [-0.15, -0.1) is 0 Å². The molecule has 2 nitrogen and oxygen atoms in total. The smallest absolute Gasteiger partial charge is 0.126 e. The van der Waals surface area contributed by atoms with Gasteiger partial charge in [-0.3, -0.25) is 0 Å². The van der Waals surface area contributed by atoms with E-state index in [1.807, 2.05) is 13.0 Å². The third kappa shape index (κ3) is 2.56. The average Bonchev–Trinajstić information content (AvgIpc) is 2.31. The zero-order valence-corrected chi connectivity index (χ0v) is 11.3. The molecular formula is C15H21FN2. The quantitative estimate of drug-likeness (QED) is 0.814. The van der Waals surface area contributed by atoms with E-state index in [9.17, 15) is 4.39 Å². The third-order valence-corrected chi connectivity index (χ3v) is 3.47. The Hall–Kier alpha value is -1.35. The van der Waals surface area contributed by atoms with E-state index in [2.05, 4.69) is 17.9 Å². The molecule has 1 heterocycles. The summed E-state index contributed by atoms with van der Waals surface area (Å²) in [6.07, 6.45) is 3.30. The molecule has 0 aliphatic carbocycles. The summed E-state index contributed by atoms with van der Waals surface area (Å²) in [6.45, 7) is 7.72. The molecule has 0 saturated heterocycles. The summed E-state index contributed by atoms with van der Waals surface area (Å²) in [4.78, 5) is 2.29. The van der Waals surface area contributed by atoms with Crippen LogP contribution in [-0.4, -0.2) is 13.1 Å². The molecular weight excluding hydrogens is 227 g/mol. The van der Waals surface area contributed by atoms with Gasteiger partial charge < -0.3 is 10.6 Å². The lowest BCUT2D eigenvalue weighted by Crippen LogP contribution is -2.31. The Balaban J connectivity index is 2.42. The minimum Gasteiger partial charge on any atom is -0.367 e. The number of nitrogens with zero attached hydrogens (tertiary/aromatic N) is 1. The molecule has 0 amide bonds. The highest BCUT2D eigenvalue weighted by Gasteiger charge is 2.18. The van der Waals surface area contributed by atoms with Gasteiger partial charge in [0.2, 0.25) is 0 Å². The van der Waals surface area contributed by atoms with Crippen LogP contribution in [0.2, 0.25) is 0 Å². The maximum Gasteiger partial charge on any atom is 0.126 e. The van der Waals surface area contributed by atoms with Crippen LogP contribution in [0, 0.1) is 12.7 Å². The van der Waals surface area contributed by atoms with Crippen LogP contribution in [0.15, 0.2) is 23.8 Å². The predicted octanol–water partition coefficient (Wildman–Crippen LogP) is 3.31. The van der Waals surface area contributed by atoms with E-state index in [4.69, 9.17) is 5.73 Å². The number of benzene rings is 1. The second-order valence-electron chi connectivity index (χ2n) is 5.21. The molecule has 0 unspecified atom stereocenters. The summed E-state index contributed by atoms with van der Waals surface area (Å²) >= 11 is 0. The van der Waals surface area contributed by atoms with Crippen LogP contribution in [0.4, 0.5) is 10.1 Å². The van der Waals surface area contributed by atoms with Crippen LogP contribution in [-0.2, 0) is 0 Å². The molecule has 1 atom stereocenters. The third-order valence-electron chi connectivity index (χ3n) is 3.47. The van der Waals surface area contributed by atoms with E-state index >= 15 is 0 Å². The van der Waals surface area contributed by atoms with Crippen molar-refractivity contribution < 1.29 is 4.39 Å². The van der Waals surface area contributed by atoms with Gasteiger partial charge in [0.05, 0.1) is 0 Å². The normalized spacial score (nSPS) is 17.6. The molecule has 98 valence electrons. The summed E-state index contributed by atoms with van der Waals surface area (Å²) in [5.41, 5.74) is 9.99. The minimum atomic E-state index is -0.171. The van der Waals surface area contributed by atoms with Gasteiger partial charge in [0.15, 0.2) is 0 Å². The second kappa shape index (κ2) is 5.11. The van der Waals surface area contributed by atoms with Crippen LogP contribution in [0.1, 0.15) is 37.4 Å². The van der Waals surface area contributed by atoms with E-state index in [0.29, 0.717) is 5.56 Å². The molecule has 0 spiro atoms. The van der Waals surface area contributed by atoms with Crippen LogP contribution >= 0.6 is 0 Å². The molecule has 3 heteroatoms. The Bertz CT molecular complexity index is 478. The largest absolute Gasteiger partial charge is 0.367 e. The SMILES string of the molecule is CC1=CCCN(c2cc(C)c(F)cc2[C@@H](C)N)C1. The van der Waals surface area contributed by atoms with Crippen molar-refractivity contribution in [2.75, 3.05) is 18.0 Å². The van der Waals surface area contributed by atoms with Crippen molar-refractivity contribution in [3.05, 3.63) is 40.7 Å². The first-order chi connectivity index (χ1) is 8.49. The minimum absolute atomic E-state index is 0.152. The van der Waals surface area contributed by atoms with Crippen molar-refractivity contribution in [2.45, 2.75) is 33.2 Å². The van der Waals surface area contributed by atoms with Crippen LogP contribution in [0.5, 0.6) is 0 Å². The molecule has 1 aliphatic heterocycles. The lowest BCUT2D eigenvalue weighted by molar-refractivity contribution is 0.612. The zero-order chi connectivity index (χ0) is 13.3. The van der Waals surface area contributed by atoms with Crippen LogP contribution in [0.3, 0.4) is 0 Å². The van der Waals surface area contributed by atoms with Gasteiger partial charge in [0, 0.05) is 24.8 Å². The average molecular weight is 248 g/mol. The molecule has 0 aromatic heterocycles. The van der Waals surface area contributed by atoms with Crippen molar-refractivity contribution in [1.82, 2.24) is 0 Å². The molecule has 18 heavy (non-hydrogen) atoms. The van der Waals surface area contributed by atoms with Crippen molar-refractivity contribution in [2.24, 2.45) is 5.73 Å². The first-order valence-electron chi connectivity index (χ1n) is 6.45. The van der Waals surface area contributed by atoms with Crippen molar-refractivity contribution in [3.63, 3.8) is 0 Å². The van der Waals surface area contributed by atoms with Gasteiger partial charge in [-0.2, -0.15) is 0 Å². The standard InChI is InChI=1S/C15H21FN2/c1-10-5-4-6-18(9-10)15-7-11(2)14(16)8-13(15)12(3)17/h5,7-8,12H,4,6,9,17H2,1-3H3/t12-/m1/s1. The number of anilines is 1. The molecule has 1 aromatic rings. The number of rotatable bonds is 2. The molecule has 0 bridgehead atoms. The first-order valence-corrected chi connectivity index (χ1v) is 6.45. The lowest BCUT2D eigenvalue weighted by atomic mass is 10.0. The highest BCUT2D eigenvalue weighted by atomic mass is 19.1. The highest BCUT2D eigenvalue weighted by Crippen LogP contribution is 2.30. The molecule has 0 fully saturated rings. The fourth-order valence-electron chi connectivity index (χ4n) is 2.44. The van der Waals surface area contributed by atoms with E-state index in [0.717, 1.165) is 30.8 Å². The van der Waals surface area contributed by atoms with E-state index in [1.54, 1.807) is 13.0 Å². The van der Waals surface area contributed by atoms with E-state index in [1.165, 1.54) is 5.57 Å². The summed E-state index contributed by atoms with van der Waals surface area (Å²) in [5.74, 6) is -0.171. The van der Waals surface area contributed by atoms with Gasteiger partial charge >= 0.3 is 0 Å². The van der Waals surface area contributed by atoms with E-state index in [-0.39, 0.29) is 11.9 Å². The summed E-state index contributed by atoms with van der Waals surface area (Å²) in [7, 11) is 0. The van der Waals surface area contributed by atoms with Crippen molar-refractivity contribution in [1.29, 1.82) is 0 Å². The Kier molecular flexibility index (Phi) is 3.71. The molecule has 1 aromatic carbocycles. The second-order valence-corrected chi connectivity index (χ2v) is 5.21. The maximum absolute atomic E-state index is 13.7. The predicted molar refractivity (Wildman–Crippen MR) is 74.3 cm³/mol. The number of nitrogens with two attached hydrogens (primary N) is 1. The Morgan fingerprint density at radius 3 is 2.67 bits per heavy atom. The highest BCUT2D eigenvalue weighted by molar-refractivity contribution is 5.58. The topological polar surface area (TPSA) is 29.3 Å². The molecule has 2 N–H and O–H groups in total. The Labute approximate surface area is 108 Å².